The third-order valence-corrected chi connectivity index (χ3v) is 3.49. The van der Waals surface area contributed by atoms with E-state index in [-0.39, 0.29) is 24.0 Å². The van der Waals surface area contributed by atoms with E-state index in [1.54, 1.807) is 0 Å². The molecule has 0 atom stereocenters. The molecule has 0 amide bonds. The van der Waals surface area contributed by atoms with Crippen LogP contribution < -0.4 is 11.1 Å². The number of piperidine rings is 1. The maximum Gasteiger partial charge on any atom is 0.401 e. The topological polar surface area (TPSA) is 53.6 Å². The van der Waals surface area contributed by atoms with Gasteiger partial charge in [-0.3, -0.25) is 4.90 Å². The van der Waals surface area contributed by atoms with Crippen molar-refractivity contribution in [3.05, 3.63) is 12.2 Å². The first-order valence-corrected chi connectivity index (χ1v) is 7.23. The largest absolute Gasteiger partial charge is 0.401 e. The first kappa shape index (κ1) is 21.5. The number of nitrogens with zero attached hydrogens (tertiary/aromatic N) is 2. The number of halogens is 4. The maximum absolute atomic E-state index is 12.3. The first-order chi connectivity index (χ1) is 9.76. The lowest BCUT2D eigenvalue weighted by Crippen LogP contribution is -2.41. The summed E-state index contributed by atoms with van der Waals surface area (Å²) in [6.07, 6.45) is -1.58. The molecule has 0 bridgehead atoms. The van der Waals surface area contributed by atoms with Gasteiger partial charge in [-0.15, -0.1) is 24.0 Å². The van der Waals surface area contributed by atoms with Gasteiger partial charge in [0.05, 0.1) is 13.1 Å². The lowest BCUT2D eigenvalue weighted by molar-refractivity contribution is -0.148. The molecule has 4 nitrogen and oxygen atoms in total. The zero-order chi connectivity index (χ0) is 15.9. The van der Waals surface area contributed by atoms with Crippen molar-refractivity contribution in [3.8, 4) is 0 Å². The average Bonchev–Trinajstić information content (AvgIpc) is 2.37. The normalized spacial score (nSPS) is 17.9. The predicted octanol–water partition coefficient (Wildman–Crippen LogP) is 2.75. The predicted molar refractivity (Wildman–Crippen MR) is 94.6 cm³/mol. The van der Waals surface area contributed by atoms with Gasteiger partial charge >= 0.3 is 6.18 Å². The average molecular weight is 434 g/mol. The summed E-state index contributed by atoms with van der Waals surface area (Å²) in [6.45, 7) is 7.07. The zero-order valence-corrected chi connectivity index (χ0v) is 15.3. The third kappa shape index (κ3) is 10.3. The summed E-state index contributed by atoms with van der Waals surface area (Å²) < 4.78 is 36.8. The Bertz CT molecular complexity index is 364. The summed E-state index contributed by atoms with van der Waals surface area (Å²) in [5.74, 6) is 0.850. The standard InChI is InChI=1S/C14H25F3N4.HI/c1-11(2)9-20-13(18)19-6-3-12-4-7-21(8-5-12)10-14(15,16)17;/h12H,1,3-10H2,2H3,(H3,18,19,20);1H. The molecule has 0 spiro atoms. The molecular formula is C14H26F3IN4. The molecule has 1 rings (SSSR count). The molecule has 0 aliphatic carbocycles. The molecule has 0 radical (unpaired) electrons. The molecule has 1 aliphatic heterocycles. The van der Waals surface area contributed by atoms with Gasteiger partial charge in [-0.1, -0.05) is 12.2 Å². The minimum absolute atomic E-state index is 0. The number of hydrogen-bond donors (Lipinski definition) is 2. The van der Waals surface area contributed by atoms with Crippen LogP contribution in [0.5, 0.6) is 0 Å². The maximum atomic E-state index is 12.3. The lowest BCUT2D eigenvalue weighted by atomic mass is 9.93. The first-order valence-electron chi connectivity index (χ1n) is 7.23. The van der Waals surface area contributed by atoms with E-state index in [9.17, 15) is 13.2 Å². The van der Waals surface area contributed by atoms with E-state index in [2.05, 4.69) is 16.9 Å². The highest BCUT2D eigenvalue weighted by molar-refractivity contribution is 14.0. The van der Waals surface area contributed by atoms with E-state index in [1.807, 2.05) is 6.92 Å². The van der Waals surface area contributed by atoms with Crippen molar-refractivity contribution >= 4 is 29.9 Å². The van der Waals surface area contributed by atoms with E-state index < -0.39 is 12.7 Å². The molecule has 0 saturated carbocycles. The molecule has 3 N–H and O–H groups in total. The van der Waals surface area contributed by atoms with Crippen LogP contribution in [-0.2, 0) is 0 Å². The second-order valence-corrected chi connectivity index (χ2v) is 5.71. The van der Waals surface area contributed by atoms with Gasteiger partial charge < -0.3 is 11.1 Å². The number of nitrogens with two attached hydrogens (primary N) is 1. The quantitative estimate of drug-likeness (QED) is 0.293. The molecule has 0 aromatic rings. The van der Waals surface area contributed by atoms with Crippen LogP contribution in [0, 0.1) is 5.92 Å². The zero-order valence-electron chi connectivity index (χ0n) is 13.0. The monoisotopic (exact) mass is 434 g/mol. The Morgan fingerprint density at radius 2 is 1.95 bits per heavy atom. The SMILES string of the molecule is C=C(C)CN=C(N)NCCC1CCN(CC(F)(F)F)CC1.I. The molecule has 0 aromatic carbocycles. The number of rotatable bonds is 6. The second-order valence-electron chi connectivity index (χ2n) is 5.71. The molecule has 1 aliphatic rings. The van der Waals surface area contributed by atoms with Crippen LogP contribution in [0.2, 0.25) is 0 Å². The number of aliphatic imine (C=N–C) groups is 1. The van der Waals surface area contributed by atoms with Crippen molar-refractivity contribution < 1.29 is 13.2 Å². The Labute approximate surface area is 147 Å². The van der Waals surface area contributed by atoms with Crippen LogP contribution in [0.15, 0.2) is 17.1 Å². The minimum Gasteiger partial charge on any atom is -0.370 e. The van der Waals surface area contributed by atoms with Gasteiger partial charge in [0.1, 0.15) is 0 Å². The van der Waals surface area contributed by atoms with Crippen molar-refractivity contribution in [2.75, 3.05) is 32.7 Å². The molecule has 1 heterocycles. The Morgan fingerprint density at radius 3 is 2.45 bits per heavy atom. The van der Waals surface area contributed by atoms with E-state index in [0.717, 1.165) is 24.8 Å². The van der Waals surface area contributed by atoms with Crippen molar-refractivity contribution in [1.82, 2.24) is 10.2 Å². The van der Waals surface area contributed by atoms with Gasteiger partial charge in [0, 0.05) is 6.54 Å². The van der Waals surface area contributed by atoms with Crippen LogP contribution in [0.25, 0.3) is 0 Å². The number of guanidine groups is 1. The van der Waals surface area contributed by atoms with E-state index >= 15 is 0 Å². The fourth-order valence-corrected chi connectivity index (χ4v) is 2.37. The van der Waals surface area contributed by atoms with Crippen LogP contribution in [-0.4, -0.2) is 49.8 Å². The number of nitrogens with one attached hydrogen (secondary N) is 1. The lowest BCUT2D eigenvalue weighted by Gasteiger charge is -2.32. The van der Waals surface area contributed by atoms with Crippen LogP contribution >= 0.6 is 24.0 Å². The molecule has 1 saturated heterocycles. The second kappa shape index (κ2) is 10.3. The Hall–Kier alpha value is -0.510. The number of likely N-dealkylation sites (tertiary alicyclic amines) is 1. The Balaban J connectivity index is 0.00000441. The summed E-state index contributed by atoms with van der Waals surface area (Å²) in [6, 6.07) is 0. The van der Waals surface area contributed by atoms with Crippen molar-refractivity contribution in [3.63, 3.8) is 0 Å². The Morgan fingerprint density at radius 1 is 1.36 bits per heavy atom. The van der Waals surface area contributed by atoms with E-state index in [1.165, 1.54) is 4.90 Å². The van der Waals surface area contributed by atoms with Gasteiger partial charge in [0.2, 0.25) is 0 Å². The van der Waals surface area contributed by atoms with Gasteiger partial charge in [0.25, 0.3) is 0 Å². The molecule has 8 heteroatoms. The molecule has 0 aromatic heterocycles. The van der Waals surface area contributed by atoms with Crippen molar-refractivity contribution in [2.45, 2.75) is 32.4 Å². The van der Waals surface area contributed by atoms with Crippen LogP contribution in [0.3, 0.4) is 0 Å². The van der Waals surface area contributed by atoms with Gasteiger partial charge in [-0.25, -0.2) is 4.99 Å². The van der Waals surface area contributed by atoms with Gasteiger partial charge in [0.15, 0.2) is 5.96 Å². The molecule has 130 valence electrons. The summed E-state index contributed by atoms with van der Waals surface area (Å²) in [5.41, 5.74) is 6.64. The van der Waals surface area contributed by atoms with E-state index in [4.69, 9.17) is 5.73 Å². The highest BCUT2D eigenvalue weighted by atomic mass is 127. The molecular weight excluding hydrogens is 408 g/mol. The van der Waals surface area contributed by atoms with Gasteiger partial charge in [-0.2, -0.15) is 13.2 Å². The molecule has 22 heavy (non-hydrogen) atoms. The molecule has 1 fully saturated rings. The summed E-state index contributed by atoms with van der Waals surface area (Å²) in [7, 11) is 0. The van der Waals surface area contributed by atoms with Crippen molar-refractivity contribution in [1.29, 1.82) is 0 Å². The number of alkyl halides is 3. The minimum atomic E-state index is -4.09. The summed E-state index contributed by atoms with van der Waals surface area (Å²) >= 11 is 0. The summed E-state index contributed by atoms with van der Waals surface area (Å²) in [4.78, 5) is 5.59. The number of hydrogen-bond acceptors (Lipinski definition) is 2. The fourth-order valence-electron chi connectivity index (χ4n) is 2.37. The highest BCUT2D eigenvalue weighted by Gasteiger charge is 2.32. The smallest absolute Gasteiger partial charge is 0.370 e. The van der Waals surface area contributed by atoms with Crippen LogP contribution in [0.1, 0.15) is 26.2 Å². The third-order valence-electron chi connectivity index (χ3n) is 3.49. The summed E-state index contributed by atoms with van der Waals surface area (Å²) in [5, 5.41) is 3.03. The highest BCUT2D eigenvalue weighted by Crippen LogP contribution is 2.23. The fraction of sp³-hybridized carbons (Fsp3) is 0.786. The van der Waals surface area contributed by atoms with Crippen molar-refractivity contribution in [2.24, 2.45) is 16.6 Å². The molecule has 0 unspecified atom stereocenters. The van der Waals surface area contributed by atoms with Crippen LogP contribution in [0.4, 0.5) is 13.2 Å². The Kier molecular flexibility index (Phi) is 10.1. The van der Waals surface area contributed by atoms with E-state index in [0.29, 0.717) is 38.1 Å². The van der Waals surface area contributed by atoms with Gasteiger partial charge in [-0.05, 0) is 45.2 Å².